The maximum Gasteiger partial charge on any atom is 0.331 e. The van der Waals surface area contributed by atoms with Crippen LogP contribution in [-0.2, 0) is 90.2 Å². The van der Waals surface area contributed by atoms with Crippen molar-refractivity contribution in [2.45, 2.75) is 278 Å². The molecule has 0 bridgehead atoms. The molecule has 5 heterocycles. The summed E-state index contributed by atoms with van der Waals surface area (Å²) in [6.07, 6.45) is -16.7. The van der Waals surface area contributed by atoms with Crippen LogP contribution < -0.4 is 0 Å². The summed E-state index contributed by atoms with van der Waals surface area (Å²) < 4.78 is 100. The summed E-state index contributed by atoms with van der Waals surface area (Å²) in [5.74, 6) is -3.43. The Labute approximate surface area is 537 Å². The van der Waals surface area contributed by atoms with Gasteiger partial charge in [-0.3, -0.25) is 9.59 Å². The molecule has 518 valence electrons. The number of benzene rings is 1. The van der Waals surface area contributed by atoms with E-state index < -0.39 is 200 Å². The molecule has 0 spiro atoms. The van der Waals surface area contributed by atoms with Crippen molar-refractivity contribution < 1.29 is 126 Å². The number of carbonyl (C=O) groups excluding carboxylic acids is 3. The van der Waals surface area contributed by atoms with Gasteiger partial charge in [0.15, 0.2) is 31.5 Å². The largest absolute Gasteiger partial charge is 0.458 e. The van der Waals surface area contributed by atoms with E-state index in [1.54, 1.807) is 41.1 Å². The average Bonchev–Trinajstić information content (AvgIpc) is 1.29. The Kier molecular flexibility index (Phi) is 22.4. The predicted molar refractivity (Wildman–Crippen MR) is 319 cm³/mol. The first-order chi connectivity index (χ1) is 43.7. The molecule has 5 aliphatic heterocycles. The third kappa shape index (κ3) is 13.4. The van der Waals surface area contributed by atoms with Crippen molar-refractivity contribution >= 4 is 23.8 Å². The highest BCUT2D eigenvalue weighted by atomic mass is 16.8. The number of carbonyl (C=O) groups is 3. The van der Waals surface area contributed by atoms with Crippen LogP contribution >= 0.6 is 0 Å². The van der Waals surface area contributed by atoms with Gasteiger partial charge in [-0.2, -0.15) is 0 Å². The smallest absolute Gasteiger partial charge is 0.331 e. The van der Waals surface area contributed by atoms with E-state index in [1.165, 1.54) is 34.1 Å². The van der Waals surface area contributed by atoms with Crippen LogP contribution in [0, 0.1) is 22.7 Å². The molecule has 31 atom stereocenters. The molecule has 0 unspecified atom stereocenters. The summed E-state index contributed by atoms with van der Waals surface area (Å²) in [4.78, 5) is 40.7. The standard InChI is InChI=1S/C66H98O26/c1-31(68)40-22-25-66(76)64(40,8)60(88-45(70)19-18-37-16-14-13-15-17-37)58(85-36(6)69)59-63(7)23-21-39(26-38(63)20-24-65(59,66)75)86-46-27-41(77-9)53(32(2)81-46)89-47-28-42(78-10)54(33(3)82-47)90-48-29-43(79-11)55(34(4)83-48)91-62-52(74)57(80-12)56(35(5)84-62)92-61-51(73)50(72)49(71)44(30-67)87-61/h13-20,32-35,39-44,46-62,67,71-76H,21-30H2,1-12H3/t32-,33-,34-,35-,39+,40-,41+,42+,43-,44-,46+,47+,48+,49-,50+,51-,52-,53-,54-,55-,56-,57+,58+,59-,60-,61+,62+,63+,64+,65+,66-/m1/s1. The highest BCUT2D eigenvalue weighted by molar-refractivity contribution is 5.87. The third-order valence-electron chi connectivity index (χ3n) is 21.8. The third-order valence-corrected chi connectivity index (χ3v) is 21.8. The fourth-order valence-corrected chi connectivity index (χ4v) is 17.0. The summed E-state index contributed by atoms with van der Waals surface area (Å²) in [6, 6.07) is 9.19. The van der Waals surface area contributed by atoms with E-state index in [1.807, 2.05) is 57.2 Å². The summed E-state index contributed by atoms with van der Waals surface area (Å²) in [5, 5.41) is 79.1. The van der Waals surface area contributed by atoms with Crippen molar-refractivity contribution in [1.82, 2.24) is 0 Å². The molecule has 10 rings (SSSR count). The lowest BCUT2D eigenvalue weighted by Gasteiger charge is -2.68. The summed E-state index contributed by atoms with van der Waals surface area (Å²) in [6.45, 7) is 12.9. The zero-order valence-electron chi connectivity index (χ0n) is 54.7. The SMILES string of the molecule is CO[C@H]1[C@@H](O)[C@H](O[C@@H]2[C@@H](C)O[C@@H](O[C@H]3[C@@H](OC)C[C@H](O[C@H]4[C@@H](OC)C[C@H](O[C@H]5CC[C@@]6(C)C(=CC[C@]7(O)[C@@H]6[C@H](OC(C)=O)[C@@H](OC(=O)C=Cc6ccccc6)[C@]6(C)[C@@H](C(C)=O)CC[C@@]67O)C5)O[C@@H]4C)O[C@@H]3C)C[C@H]2OC)O[C@H](C)[C@H]1O[C@@H]1O[C@H](CO)[C@@H](O)[C@H](O)[C@H]1O. The highest BCUT2D eigenvalue weighted by Crippen LogP contribution is 2.70. The van der Waals surface area contributed by atoms with Crippen molar-refractivity contribution in [3.63, 3.8) is 0 Å². The highest BCUT2D eigenvalue weighted by Gasteiger charge is 2.81. The number of ether oxygens (including phenoxy) is 16. The van der Waals surface area contributed by atoms with Crippen LogP contribution in [0.1, 0.15) is 119 Å². The molecule has 26 heteroatoms. The number of hydrogen-bond donors (Lipinski definition) is 7. The van der Waals surface area contributed by atoms with E-state index in [2.05, 4.69) is 0 Å². The van der Waals surface area contributed by atoms with Gasteiger partial charge < -0.3 is 112 Å². The van der Waals surface area contributed by atoms with Crippen LogP contribution in [0.4, 0.5) is 0 Å². The first-order valence-electron chi connectivity index (χ1n) is 32.4. The Hall–Kier alpha value is -3.53. The van der Waals surface area contributed by atoms with Crippen LogP contribution in [0.5, 0.6) is 0 Å². The molecule has 8 fully saturated rings. The number of methoxy groups -OCH3 is 4. The summed E-state index contributed by atoms with van der Waals surface area (Å²) in [5.41, 5.74) is -4.59. The molecule has 26 nitrogen and oxygen atoms in total. The van der Waals surface area contributed by atoms with Gasteiger partial charge in [-0.15, -0.1) is 0 Å². The number of rotatable bonds is 20. The van der Waals surface area contributed by atoms with Crippen LogP contribution in [0.25, 0.3) is 6.08 Å². The second-order valence-electron chi connectivity index (χ2n) is 27.1. The predicted octanol–water partition coefficient (Wildman–Crippen LogP) is 2.46. The minimum atomic E-state index is -1.93. The van der Waals surface area contributed by atoms with Gasteiger partial charge in [-0.05, 0) is 90.2 Å². The first-order valence-corrected chi connectivity index (χ1v) is 32.4. The fourth-order valence-electron chi connectivity index (χ4n) is 17.0. The van der Waals surface area contributed by atoms with Gasteiger partial charge in [0, 0.05) is 78.0 Å². The molecule has 1 aromatic carbocycles. The summed E-state index contributed by atoms with van der Waals surface area (Å²) >= 11 is 0. The average molecular weight is 1310 g/mol. The summed E-state index contributed by atoms with van der Waals surface area (Å²) in [7, 11) is 6.07. The van der Waals surface area contributed by atoms with Gasteiger partial charge in [-0.1, -0.05) is 55.8 Å². The van der Waals surface area contributed by atoms with Gasteiger partial charge in [0.2, 0.25) is 0 Å². The van der Waals surface area contributed by atoms with E-state index in [0.29, 0.717) is 25.7 Å². The zero-order valence-corrected chi connectivity index (χ0v) is 54.7. The van der Waals surface area contributed by atoms with Gasteiger partial charge in [0.05, 0.1) is 55.4 Å². The number of Topliss-reactive ketones (excluding diaryl/α,β-unsaturated/α-hetero) is 1. The van der Waals surface area contributed by atoms with Gasteiger partial charge in [0.25, 0.3) is 0 Å². The van der Waals surface area contributed by atoms with Gasteiger partial charge >= 0.3 is 11.9 Å². The lowest BCUT2D eigenvalue weighted by Crippen LogP contribution is -2.80. The topological polar surface area (TPSA) is 340 Å². The zero-order chi connectivity index (χ0) is 66.5. The number of hydrogen-bond acceptors (Lipinski definition) is 26. The monoisotopic (exact) mass is 1310 g/mol. The van der Waals surface area contributed by atoms with E-state index in [4.69, 9.17) is 75.8 Å². The minimum Gasteiger partial charge on any atom is -0.458 e. The van der Waals surface area contributed by atoms with Crippen molar-refractivity contribution in [2.24, 2.45) is 22.7 Å². The molecular weight excluding hydrogens is 1210 g/mol. The molecule has 0 amide bonds. The molecule has 7 N–H and O–H groups in total. The maximum absolute atomic E-state index is 13.9. The lowest BCUT2D eigenvalue weighted by atomic mass is 9.42. The Bertz CT molecular complexity index is 2740. The van der Waals surface area contributed by atoms with Gasteiger partial charge in [0.1, 0.15) is 90.2 Å². The Morgan fingerprint density at radius 2 is 1.15 bits per heavy atom. The molecule has 0 aromatic heterocycles. The molecule has 1 aromatic rings. The normalized spacial score (nSPS) is 48.0. The van der Waals surface area contributed by atoms with Crippen molar-refractivity contribution in [2.75, 3.05) is 35.0 Å². The fraction of sp³-hybridized carbons (Fsp3) is 0.803. The number of fused-ring (bicyclic) bond motifs is 5. The molecule has 3 saturated carbocycles. The molecule has 9 aliphatic rings. The number of ketones is 1. The van der Waals surface area contributed by atoms with E-state index in [-0.39, 0.29) is 44.0 Å². The van der Waals surface area contributed by atoms with Crippen LogP contribution in [0.2, 0.25) is 0 Å². The maximum atomic E-state index is 13.9. The van der Waals surface area contributed by atoms with Crippen molar-refractivity contribution in [1.29, 1.82) is 0 Å². The second-order valence-corrected chi connectivity index (χ2v) is 27.1. The quantitative estimate of drug-likeness (QED) is 0.0560. The second kappa shape index (κ2) is 28.9. The number of aliphatic hydroxyl groups is 7. The Morgan fingerprint density at radius 1 is 0.609 bits per heavy atom. The lowest BCUT2D eigenvalue weighted by molar-refractivity contribution is -0.374. The molecular formula is C66H98O26. The molecule has 0 radical (unpaired) electrons. The Balaban J connectivity index is 0.747. The van der Waals surface area contributed by atoms with Crippen molar-refractivity contribution in [3.8, 4) is 0 Å². The number of aliphatic hydroxyl groups excluding tert-OH is 5. The molecule has 4 aliphatic carbocycles. The minimum absolute atomic E-state index is 0.0148. The first kappa shape index (κ1) is 71.2. The van der Waals surface area contributed by atoms with Crippen LogP contribution in [0.15, 0.2) is 48.1 Å². The van der Waals surface area contributed by atoms with Gasteiger partial charge in [-0.25, -0.2) is 4.79 Å². The van der Waals surface area contributed by atoms with Crippen LogP contribution in [-0.4, -0.2) is 253 Å². The van der Waals surface area contributed by atoms with E-state index in [0.717, 1.165) is 11.1 Å². The van der Waals surface area contributed by atoms with Crippen molar-refractivity contribution in [3.05, 3.63) is 53.6 Å². The molecule has 5 saturated heterocycles. The van der Waals surface area contributed by atoms with E-state index in [9.17, 15) is 50.1 Å². The van der Waals surface area contributed by atoms with Crippen LogP contribution in [0.3, 0.4) is 0 Å². The molecule has 92 heavy (non-hydrogen) atoms. The number of esters is 2. The van der Waals surface area contributed by atoms with E-state index >= 15 is 0 Å². The Morgan fingerprint density at radius 3 is 1.70 bits per heavy atom.